The van der Waals surface area contributed by atoms with Crippen molar-refractivity contribution >= 4 is 29.2 Å². The van der Waals surface area contributed by atoms with Crippen LogP contribution in [0.3, 0.4) is 0 Å². The lowest BCUT2D eigenvalue weighted by Gasteiger charge is -2.16. The van der Waals surface area contributed by atoms with Gasteiger partial charge < -0.3 is 15.0 Å². The van der Waals surface area contributed by atoms with E-state index < -0.39 is 5.97 Å². The largest absolute Gasteiger partial charge is 0.465 e. The number of anilines is 2. The van der Waals surface area contributed by atoms with E-state index >= 15 is 0 Å². The number of aryl methyl sites for hydroxylation is 1. The van der Waals surface area contributed by atoms with Crippen LogP contribution < -0.4 is 10.2 Å². The Morgan fingerprint density at radius 3 is 2.52 bits per heavy atom. The van der Waals surface area contributed by atoms with Gasteiger partial charge in [0.2, 0.25) is 11.8 Å². The lowest BCUT2D eigenvalue weighted by Crippen LogP contribution is -2.23. The maximum atomic E-state index is 12.4. The second-order valence-electron chi connectivity index (χ2n) is 6.56. The van der Waals surface area contributed by atoms with Gasteiger partial charge in [0.1, 0.15) is 0 Å². The van der Waals surface area contributed by atoms with Gasteiger partial charge in [0.05, 0.1) is 19.1 Å². The molecule has 1 fully saturated rings. The van der Waals surface area contributed by atoms with E-state index in [-0.39, 0.29) is 18.2 Å². The number of amides is 2. The van der Waals surface area contributed by atoms with Crippen LogP contribution in [0.2, 0.25) is 0 Å². The molecule has 1 N–H and O–H groups in total. The Bertz CT molecular complexity index is 874. The van der Waals surface area contributed by atoms with Crippen molar-refractivity contribution < 1.29 is 19.1 Å². The molecule has 6 nitrogen and oxygen atoms in total. The molecule has 0 atom stereocenters. The molecule has 27 heavy (non-hydrogen) atoms. The number of carbonyl (C=O) groups excluding carboxylic acids is 3. The minimum absolute atomic E-state index is 0.140. The Morgan fingerprint density at radius 2 is 1.89 bits per heavy atom. The van der Waals surface area contributed by atoms with Crippen molar-refractivity contribution in [2.24, 2.45) is 0 Å². The summed E-state index contributed by atoms with van der Waals surface area (Å²) in [5, 5.41) is 2.84. The van der Waals surface area contributed by atoms with Crippen molar-refractivity contribution in [3.8, 4) is 0 Å². The van der Waals surface area contributed by atoms with Crippen LogP contribution in [-0.2, 0) is 20.7 Å². The van der Waals surface area contributed by atoms with Gasteiger partial charge in [-0.1, -0.05) is 18.2 Å². The summed E-state index contributed by atoms with van der Waals surface area (Å²) in [5.74, 6) is -0.482. The fraction of sp³-hybridized carbons (Fsp3) is 0.286. The van der Waals surface area contributed by atoms with E-state index in [0.717, 1.165) is 29.8 Å². The third-order valence-corrected chi connectivity index (χ3v) is 4.62. The third kappa shape index (κ3) is 4.34. The van der Waals surface area contributed by atoms with Crippen molar-refractivity contribution in [3.05, 3.63) is 59.2 Å². The number of rotatable bonds is 5. The fourth-order valence-electron chi connectivity index (χ4n) is 3.10. The van der Waals surface area contributed by atoms with Crippen molar-refractivity contribution in [1.82, 2.24) is 0 Å². The molecule has 0 bridgehead atoms. The lowest BCUT2D eigenvalue weighted by atomic mass is 10.1. The van der Waals surface area contributed by atoms with Gasteiger partial charge in [-0.05, 0) is 48.7 Å². The molecule has 0 aromatic heterocycles. The van der Waals surface area contributed by atoms with Gasteiger partial charge in [0, 0.05) is 24.3 Å². The molecule has 0 saturated carbocycles. The zero-order valence-corrected chi connectivity index (χ0v) is 15.5. The molecule has 0 radical (unpaired) electrons. The number of benzene rings is 2. The lowest BCUT2D eigenvalue weighted by molar-refractivity contribution is -0.117. The Kier molecular flexibility index (Phi) is 5.54. The van der Waals surface area contributed by atoms with Gasteiger partial charge in [-0.15, -0.1) is 0 Å². The first-order valence-corrected chi connectivity index (χ1v) is 8.86. The van der Waals surface area contributed by atoms with Crippen LogP contribution in [0.4, 0.5) is 11.4 Å². The summed E-state index contributed by atoms with van der Waals surface area (Å²) in [6, 6.07) is 12.5. The van der Waals surface area contributed by atoms with Crippen molar-refractivity contribution in [2.75, 3.05) is 23.9 Å². The Balaban J connectivity index is 1.66. The Morgan fingerprint density at radius 1 is 1.15 bits per heavy atom. The molecule has 3 rings (SSSR count). The highest BCUT2D eigenvalue weighted by Gasteiger charge is 2.21. The predicted octanol–water partition coefficient (Wildman–Crippen LogP) is 3.09. The van der Waals surface area contributed by atoms with Crippen molar-refractivity contribution in [3.63, 3.8) is 0 Å². The van der Waals surface area contributed by atoms with E-state index in [4.69, 9.17) is 4.74 Å². The molecule has 0 aliphatic carbocycles. The van der Waals surface area contributed by atoms with Gasteiger partial charge in [-0.25, -0.2) is 4.79 Å². The van der Waals surface area contributed by atoms with E-state index in [2.05, 4.69) is 5.32 Å². The normalized spacial score (nSPS) is 13.6. The molecule has 1 aliphatic heterocycles. The first-order valence-electron chi connectivity index (χ1n) is 8.86. The summed E-state index contributed by atoms with van der Waals surface area (Å²) >= 11 is 0. The van der Waals surface area contributed by atoms with Gasteiger partial charge in [-0.2, -0.15) is 0 Å². The summed E-state index contributed by atoms with van der Waals surface area (Å²) in [6.07, 6.45) is 1.68. The van der Waals surface area contributed by atoms with Gasteiger partial charge in [0.25, 0.3) is 0 Å². The van der Waals surface area contributed by atoms with Gasteiger partial charge in [-0.3, -0.25) is 9.59 Å². The zero-order chi connectivity index (χ0) is 19.4. The van der Waals surface area contributed by atoms with Crippen LogP contribution in [0.5, 0.6) is 0 Å². The molecule has 2 amide bonds. The minimum atomic E-state index is -0.447. The van der Waals surface area contributed by atoms with Crippen LogP contribution in [0.25, 0.3) is 0 Å². The maximum Gasteiger partial charge on any atom is 0.337 e. The molecule has 2 aromatic rings. The summed E-state index contributed by atoms with van der Waals surface area (Å²) in [5.41, 5.74) is 3.55. The molecule has 0 spiro atoms. The SMILES string of the molecule is COC(=O)c1ccc(C)c(NC(=O)Cc2ccc(N3CCCC3=O)cc2)c1. The van der Waals surface area contributed by atoms with Gasteiger partial charge in [0.15, 0.2) is 0 Å². The highest BCUT2D eigenvalue weighted by atomic mass is 16.5. The molecule has 1 saturated heterocycles. The van der Waals surface area contributed by atoms with Gasteiger partial charge >= 0.3 is 5.97 Å². The molecular formula is C21H22N2O4. The number of methoxy groups -OCH3 is 1. The molecule has 1 heterocycles. The number of ether oxygens (including phenoxy) is 1. The maximum absolute atomic E-state index is 12.4. The third-order valence-electron chi connectivity index (χ3n) is 4.62. The topological polar surface area (TPSA) is 75.7 Å². The predicted molar refractivity (Wildman–Crippen MR) is 103 cm³/mol. The molecule has 0 unspecified atom stereocenters. The number of nitrogens with zero attached hydrogens (tertiary/aromatic N) is 1. The zero-order valence-electron chi connectivity index (χ0n) is 15.5. The van der Waals surface area contributed by atoms with Crippen LogP contribution in [-0.4, -0.2) is 31.4 Å². The molecular weight excluding hydrogens is 344 g/mol. The fourth-order valence-corrected chi connectivity index (χ4v) is 3.10. The van der Waals surface area contributed by atoms with E-state index in [1.165, 1.54) is 7.11 Å². The first-order chi connectivity index (χ1) is 13.0. The average molecular weight is 366 g/mol. The smallest absolute Gasteiger partial charge is 0.337 e. The number of hydrogen-bond donors (Lipinski definition) is 1. The van der Waals surface area contributed by atoms with Crippen molar-refractivity contribution in [1.29, 1.82) is 0 Å². The summed E-state index contributed by atoms with van der Waals surface area (Å²) in [4.78, 5) is 37.6. The number of hydrogen-bond acceptors (Lipinski definition) is 4. The first kappa shape index (κ1) is 18.6. The Hall–Kier alpha value is -3.15. The van der Waals surface area contributed by atoms with Crippen LogP contribution in [0, 0.1) is 6.92 Å². The standard InChI is InChI=1S/C21H22N2O4/c1-14-5-8-16(21(26)27-2)13-18(14)22-19(24)12-15-6-9-17(10-7-15)23-11-3-4-20(23)25/h5-10,13H,3-4,11-12H2,1-2H3,(H,22,24). The summed E-state index contributed by atoms with van der Waals surface area (Å²) in [6.45, 7) is 2.60. The molecule has 140 valence electrons. The molecule has 1 aliphatic rings. The number of nitrogens with one attached hydrogen (secondary N) is 1. The number of carbonyl (C=O) groups is 3. The highest BCUT2D eigenvalue weighted by molar-refractivity contribution is 5.97. The van der Waals surface area contributed by atoms with Crippen LogP contribution >= 0.6 is 0 Å². The quantitative estimate of drug-likeness (QED) is 0.825. The van der Waals surface area contributed by atoms with E-state index in [9.17, 15) is 14.4 Å². The summed E-state index contributed by atoms with van der Waals surface area (Å²) < 4.78 is 4.71. The molecule has 2 aromatic carbocycles. The summed E-state index contributed by atoms with van der Waals surface area (Å²) in [7, 11) is 1.32. The highest BCUT2D eigenvalue weighted by Crippen LogP contribution is 2.22. The van der Waals surface area contributed by atoms with E-state index in [0.29, 0.717) is 17.7 Å². The number of esters is 1. The second-order valence-corrected chi connectivity index (χ2v) is 6.56. The second kappa shape index (κ2) is 8.03. The van der Waals surface area contributed by atoms with Crippen LogP contribution in [0.15, 0.2) is 42.5 Å². The molecule has 6 heteroatoms. The van der Waals surface area contributed by atoms with E-state index in [1.54, 1.807) is 23.1 Å². The minimum Gasteiger partial charge on any atom is -0.465 e. The average Bonchev–Trinajstić information content (AvgIpc) is 3.09. The monoisotopic (exact) mass is 366 g/mol. The van der Waals surface area contributed by atoms with Crippen molar-refractivity contribution in [2.45, 2.75) is 26.2 Å². The van der Waals surface area contributed by atoms with Crippen LogP contribution in [0.1, 0.15) is 34.3 Å². The Labute approximate surface area is 158 Å². The van der Waals surface area contributed by atoms with E-state index in [1.807, 2.05) is 31.2 Å².